The van der Waals surface area contributed by atoms with E-state index in [0.29, 0.717) is 11.4 Å². The van der Waals surface area contributed by atoms with Crippen molar-refractivity contribution in [2.45, 2.75) is 12.5 Å². The van der Waals surface area contributed by atoms with E-state index in [-0.39, 0.29) is 18.1 Å². The maximum Gasteiger partial charge on any atom is 0.225 e. The SMILES string of the molecule is COc1ccc(CC(=O)N[C@@H](c2ccccc2F)c2nccn2C)cc1. The Morgan fingerprint density at radius 3 is 2.58 bits per heavy atom. The van der Waals surface area contributed by atoms with E-state index in [1.165, 1.54) is 6.07 Å². The van der Waals surface area contributed by atoms with Crippen molar-refractivity contribution >= 4 is 5.91 Å². The van der Waals surface area contributed by atoms with Crippen LogP contribution in [0.3, 0.4) is 0 Å². The molecule has 0 bridgehead atoms. The van der Waals surface area contributed by atoms with E-state index in [0.717, 1.165) is 11.3 Å². The zero-order chi connectivity index (χ0) is 18.5. The lowest BCUT2D eigenvalue weighted by Crippen LogP contribution is -2.32. The lowest BCUT2D eigenvalue weighted by molar-refractivity contribution is -0.121. The Balaban J connectivity index is 1.82. The van der Waals surface area contributed by atoms with E-state index in [9.17, 15) is 9.18 Å². The van der Waals surface area contributed by atoms with Gasteiger partial charge in [-0.3, -0.25) is 4.79 Å². The van der Waals surface area contributed by atoms with Crippen LogP contribution in [-0.4, -0.2) is 22.6 Å². The first-order valence-electron chi connectivity index (χ1n) is 8.22. The van der Waals surface area contributed by atoms with Crippen LogP contribution in [0.15, 0.2) is 60.9 Å². The average molecular weight is 353 g/mol. The Kier molecular flexibility index (Phi) is 5.31. The number of amides is 1. The van der Waals surface area contributed by atoms with E-state index in [1.54, 1.807) is 54.4 Å². The molecule has 5 nitrogen and oxygen atoms in total. The second-order valence-electron chi connectivity index (χ2n) is 5.94. The van der Waals surface area contributed by atoms with Crippen LogP contribution in [0.25, 0.3) is 0 Å². The number of halogens is 1. The Bertz CT molecular complexity index is 890. The van der Waals surface area contributed by atoms with Crippen molar-refractivity contribution in [3.05, 3.63) is 83.7 Å². The van der Waals surface area contributed by atoms with E-state index in [1.807, 2.05) is 19.2 Å². The second-order valence-corrected chi connectivity index (χ2v) is 5.94. The molecular formula is C20H20FN3O2. The number of carbonyl (C=O) groups is 1. The molecule has 3 aromatic rings. The minimum atomic E-state index is -0.665. The Morgan fingerprint density at radius 2 is 1.96 bits per heavy atom. The summed E-state index contributed by atoms with van der Waals surface area (Å²) in [5.74, 6) is 0.696. The summed E-state index contributed by atoms with van der Waals surface area (Å²) in [7, 11) is 3.40. The van der Waals surface area contributed by atoms with Crippen LogP contribution in [0.1, 0.15) is 23.0 Å². The van der Waals surface area contributed by atoms with Crippen molar-refractivity contribution in [1.29, 1.82) is 0 Å². The number of carbonyl (C=O) groups excluding carboxylic acids is 1. The van der Waals surface area contributed by atoms with Gasteiger partial charge >= 0.3 is 0 Å². The molecule has 1 amide bonds. The number of aryl methyl sites for hydroxylation is 1. The van der Waals surface area contributed by atoms with Crippen LogP contribution in [0.2, 0.25) is 0 Å². The van der Waals surface area contributed by atoms with E-state index in [2.05, 4.69) is 10.3 Å². The highest BCUT2D eigenvalue weighted by atomic mass is 19.1. The Labute approximate surface area is 151 Å². The van der Waals surface area contributed by atoms with Crippen LogP contribution < -0.4 is 10.1 Å². The molecule has 0 radical (unpaired) electrons. The van der Waals surface area contributed by atoms with Crippen molar-refractivity contribution in [3.63, 3.8) is 0 Å². The third-order valence-corrected chi connectivity index (χ3v) is 4.16. The number of nitrogens with zero attached hydrogens (tertiary/aromatic N) is 2. The molecule has 0 aliphatic heterocycles. The summed E-state index contributed by atoms with van der Waals surface area (Å²) in [6.07, 6.45) is 3.57. The minimum absolute atomic E-state index is 0.180. The number of methoxy groups -OCH3 is 1. The van der Waals surface area contributed by atoms with Gasteiger partial charge in [0.05, 0.1) is 13.5 Å². The number of rotatable bonds is 6. The van der Waals surface area contributed by atoms with Crippen LogP contribution in [0.5, 0.6) is 5.75 Å². The van der Waals surface area contributed by atoms with Crippen LogP contribution in [0.4, 0.5) is 4.39 Å². The Morgan fingerprint density at radius 1 is 1.23 bits per heavy atom. The van der Waals surface area contributed by atoms with Crippen LogP contribution >= 0.6 is 0 Å². The number of ether oxygens (including phenoxy) is 1. The first-order chi connectivity index (χ1) is 12.6. The maximum atomic E-state index is 14.3. The van der Waals surface area contributed by atoms with Crippen molar-refractivity contribution in [2.24, 2.45) is 7.05 Å². The molecule has 1 N–H and O–H groups in total. The van der Waals surface area contributed by atoms with Crippen molar-refractivity contribution in [1.82, 2.24) is 14.9 Å². The molecule has 2 aromatic carbocycles. The fourth-order valence-electron chi connectivity index (χ4n) is 2.79. The van der Waals surface area contributed by atoms with Gasteiger partial charge in [0.2, 0.25) is 5.91 Å². The predicted molar refractivity (Wildman–Crippen MR) is 96.3 cm³/mol. The topological polar surface area (TPSA) is 56.1 Å². The van der Waals surface area contributed by atoms with E-state index < -0.39 is 6.04 Å². The molecule has 3 rings (SSSR count). The highest BCUT2D eigenvalue weighted by molar-refractivity contribution is 5.79. The van der Waals surface area contributed by atoms with Gasteiger partial charge < -0.3 is 14.6 Å². The van der Waals surface area contributed by atoms with Gasteiger partial charge in [0.15, 0.2) is 0 Å². The lowest BCUT2D eigenvalue weighted by Gasteiger charge is -2.20. The molecule has 1 atom stereocenters. The molecular weight excluding hydrogens is 333 g/mol. The highest BCUT2D eigenvalue weighted by Gasteiger charge is 2.23. The summed E-state index contributed by atoms with van der Waals surface area (Å²) in [5.41, 5.74) is 1.22. The first kappa shape index (κ1) is 17.7. The van der Waals surface area contributed by atoms with E-state index in [4.69, 9.17) is 4.74 Å². The predicted octanol–water partition coefficient (Wildman–Crippen LogP) is 3.02. The number of imidazole rings is 1. The number of nitrogens with one attached hydrogen (secondary N) is 1. The maximum absolute atomic E-state index is 14.3. The summed E-state index contributed by atoms with van der Waals surface area (Å²) in [6, 6.07) is 13.0. The minimum Gasteiger partial charge on any atom is -0.497 e. The van der Waals surface area contributed by atoms with Gasteiger partial charge in [-0.1, -0.05) is 30.3 Å². The van der Waals surface area contributed by atoms with Crippen molar-refractivity contribution in [3.8, 4) is 5.75 Å². The zero-order valence-electron chi connectivity index (χ0n) is 14.6. The number of aromatic nitrogens is 2. The number of hydrogen-bond donors (Lipinski definition) is 1. The average Bonchev–Trinajstić information content (AvgIpc) is 3.07. The summed E-state index contributed by atoms with van der Waals surface area (Å²) in [4.78, 5) is 16.8. The molecule has 0 aliphatic carbocycles. The largest absolute Gasteiger partial charge is 0.497 e. The van der Waals surface area contributed by atoms with Gasteiger partial charge in [0.1, 0.15) is 23.4 Å². The smallest absolute Gasteiger partial charge is 0.225 e. The quantitative estimate of drug-likeness (QED) is 0.741. The third-order valence-electron chi connectivity index (χ3n) is 4.16. The molecule has 0 aliphatic rings. The van der Waals surface area contributed by atoms with Gasteiger partial charge in [-0.2, -0.15) is 0 Å². The third kappa shape index (κ3) is 3.91. The molecule has 0 saturated carbocycles. The van der Waals surface area contributed by atoms with Gasteiger partial charge in [0.25, 0.3) is 0 Å². The molecule has 6 heteroatoms. The zero-order valence-corrected chi connectivity index (χ0v) is 14.6. The normalized spacial score (nSPS) is 11.8. The summed E-state index contributed by atoms with van der Waals surface area (Å²) in [6.45, 7) is 0. The van der Waals surface area contributed by atoms with Crippen molar-refractivity contribution < 1.29 is 13.9 Å². The summed E-state index contributed by atoms with van der Waals surface area (Å²) >= 11 is 0. The summed E-state index contributed by atoms with van der Waals surface area (Å²) < 4.78 is 21.2. The molecule has 1 heterocycles. The molecule has 0 spiro atoms. The molecule has 134 valence electrons. The molecule has 0 unspecified atom stereocenters. The fraction of sp³-hybridized carbons (Fsp3) is 0.200. The van der Waals surface area contributed by atoms with Crippen LogP contribution in [-0.2, 0) is 18.3 Å². The lowest BCUT2D eigenvalue weighted by atomic mass is 10.0. The molecule has 0 saturated heterocycles. The molecule has 1 aromatic heterocycles. The van der Waals surface area contributed by atoms with E-state index >= 15 is 0 Å². The van der Waals surface area contributed by atoms with Gasteiger partial charge in [0, 0.05) is 25.0 Å². The monoisotopic (exact) mass is 353 g/mol. The standard InChI is InChI=1S/C20H20FN3O2/c1-24-12-11-22-20(24)19(16-5-3-4-6-17(16)21)23-18(25)13-14-7-9-15(26-2)10-8-14/h3-12,19H,13H2,1-2H3,(H,23,25)/t19-/m0/s1. The second kappa shape index (κ2) is 7.82. The molecule has 0 fully saturated rings. The number of benzene rings is 2. The summed E-state index contributed by atoms with van der Waals surface area (Å²) in [5, 5.41) is 2.90. The van der Waals surface area contributed by atoms with Gasteiger partial charge in [-0.05, 0) is 23.8 Å². The van der Waals surface area contributed by atoms with Gasteiger partial charge in [-0.25, -0.2) is 9.37 Å². The highest BCUT2D eigenvalue weighted by Crippen LogP contribution is 2.23. The number of hydrogen-bond acceptors (Lipinski definition) is 3. The fourth-order valence-corrected chi connectivity index (χ4v) is 2.79. The Hall–Kier alpha value is -3.15. The van der Waals surface area contributed by atoms with Crippen LogP contribution in [0, 0.1) is 5.82 Å². The van der Waals surface area contributed by atoms with Gasteiger partial charge in [-0.15, -0.1) is 0 Å². The van der Waals surface area contributed by atoms with Crippen molar-refractivity contribution in [2.75, 3.05) is 7.11 Å². The molecule has 26 heavy (non-hydrogen) atoms. The first-order valence-corrected chi connectivity index (χ1v) is 8.22.